The molecule has 28 heavy (non-hydrogen) atoms. The van der Waals surface area contributed by atoms with Crippen molar-refractivity contribution >= 4 is 17.5 Å². The van der Waals surface area contributed by atoms with Crippen LogP contribution in [0.25, 0.3) is 0 Å². The van der Waals surface area contributed by atoms with Crippen LogP contribution >= 0.6 is 0 Å². The fourth-order valence-electron chi connectivity index (χ4n) is 2.37. The van der Waals surface area contributed by atoms with Crippen molar-refractivity contribution in [2.45, 2.75) is 13.5 Å². The molecule has 1 aromatic heterocycles. The Morgan fingerprint density at radius 1 is 1.14 bits per heavy atom. The summed E-state index contributed by atoms with van der Waals surface area (Å²) in [5, 5.41) is 3.65. The third-order valence-electron chi connectivity index (χ3n) is 3.94. The predicted molar refractivity (Wildman–Crippen MR) is 101 cm³/mol. The number of carbonyl (C=O) groups excluding carboxylic acids is 1. The van der Waals surface area contributed by atoms with E-state index < -0.39 is 5.97 Å². The number of nitrogens with zero attached hydrogens (tertiary/aromatic N) is 1. The molecule has 0 atom stereocenters. The van der Waals surface area contributed by atoms with E-state index in [2.05, 4.69) is 5.16 Å². The third-order valence-corrected chi connectivity index (χ3v) is 3.94. The zero-order valence-corrected chi connectivity index (χ0v) is 15.0. The first kappa shape index (κ1) is 19.0. The van der Waals surface area contributed by atoms with Crippen LogP contribution in [-0.2, 0) is 11.4 Å². The normalized spacial score (nSPS) is 11.3. The number of furan rings is 1. The third kappa shape index (κ3) is 4.47. The molecule has 0 fully saturated rings. The first-order valence-corrected chi connectivity index (χ1v) is 8.31. The van der Waals surface area contributed by atoms with Gasteiger partial charge in [-0.15, -0.1) is 0 Å². The van der Waals surface area contributed by atoms with E-state index in [9.17, 15) is 9.18 Å². The van der Waals surface area contributed by atoms with E-state index in [0.717, 1.165) is 5.56 Å². The van der Waals surface area contributed by atoms with Crippen LogP contribution < -0.4 is 16.2 Å². The van der Waals surface area contributed by atoms with Crippen molar-refractivity contribution in [3.8, 4) is 5.75 Å². The summed E-state index contributed by atoms with van der Waals surface area (Å²) in [4.78, 5) is 16.9. The minimum atomic E-state index is -0.808. The van der Waals surface area contributed by atoms with Gasteiger partial charge in [0.25, 0.3) is 0 Å². The molecule has 0 spiro atoms. The van der Waals surface area contributed by atoms with Crippen LogP contribution in [0, 0.1) is 12.7 Å². The number of halogens is 1. The summed E-state index contributed by atoms with van der Waals surface area (Å²) >= 11 is 0. The molecular formula is C20H18FN3O4. The number of benzene rings is 2. The summed E-state index contributed by atoms with van der Waals surface area (Å²) in [6, 6.07) is 13.7. The number of hydrogen-bond acceptors (Lipinski definition) is 6. The highest BCUT2D eigenvalue weighted by Gasteiger charge is 2.14. The van der Waals surface area contributed by atoms with Crippen LogP contribution in [-0.4, -0.2) is 11.8 Å². The maximum atomic E-state index is 12.9. The second kappa shape index (κ2) is 8.26. The van der Waals surface area contributed by atoms with E-state index in [0.29, 0.717) is 22.8 Å². The Labute approximate surface area is 160 Å². The molecule has 7 nitrogen and oxygen atoms in total. The van der Waals surface area contributed by atoms with Crippen molar-refractivity contribution in [1.29, 1.82) is 0 Å². The van der Waals surface area contributed by atoms with Crippen molar-refractivity contribution in [1.82, 2.24) is 0 Å². The highest BCUT2D eigenvalue weighted by atomic mass is 19.1. The fourth-order valence-corrected chi connectivity index (χ4v) is 2.37. The van der Waals surface area contributed by atoms with Gasteiger partial charge in [0.05, 0.1) is 0 Å². The van der Waals surface area contributed by atoms with Crippen LogP contribution in [0.5, 0.6) is 5.75 Å². The lowest BCUT2D eigenvalue weighted by Gasteiger charge is -2.06. The highest BCUT2D eigenvalue weighted by molar-refractivity contribution is 6.00. The molecule has 144 valence electrons. The quantitative estimate of drug-likeness (QED) is 0.222. The summed E-state index contributed by atoms with van der Waals surface area (Å²) in [5.41, 5.74) is 13.5. The Morgan fingerprint density at radius 2 is 1.89 bits per heavy atom. The molecule has 0 aliphatic heterocycles. The van der Waals surface area contributed by atoms with E-state index >= 15 is 0 Å². The molecule has 0 saturated carbocycles. The van der Waals surface area contributed by atoms with Crippen LogP contribution in [0.3, 0.4) is 0 Å². The van der Waals surface area contributed by atoms with Gasteiger partial charge in [-0.1, -0.05) is 17.3 Å². The number of rotatable bonds is 6. The number of oxime groups is 1. The first-order valence-electron chi connectivity index (χ1n) is 8.31. The number of amidine groups is 1. The van der Waals surface area contributed by atoms with Crippen LogP contribution in [0.15, 0.2) is 64.2 Å². The maximum absolute atomic E-state index is 12.9. The SMILES string of the molecule is Cc1c(N)cccc1/C(N)=N/OC(=O)c1ccc(COc2ccc(F)cc2)o1. The van der Waals surface area contributed by atoms with Crippen molar-refractivity contribution in [3.63, 3.8) is 0 Å². The van der Waals surface area contributed by atoms with Crippen LogP contribution in [0.1, 0.15) is 27.4 Å². The zero-order valence-electron chi connectivity index (χ0n) is 15.0. The topological polar surface area (TPSA) is 113 Å². The van der Waals surface area contributed by atoms with E-state index in [-0.39, 0.29) is 24.0 Å². The Morgan fingerprint density at radius 3 is 2.64 bits per heavy atom. The molecule has 2 aromatic carbocycles. The molecule has 0 aliphatic carbocycles. The molecule has 0 amide bonds. The minimum absolute atomic E-state index is 0.0181. The summed E-state index contributed by atoms with van der Waals surface area (Å²) in [7, 11) is 0. The average Bonchev–Trinajstić information content (AvgIpc) is 3.17. The molecule has 8 heteroatoms. The number of carbonyl (C=O) groups is 1. The van der Waals surface area contributed by atoms with Gasteiger partial charge < -0.3 is 25.5 Å². The Kier molecular flexibility index (Phi) is 5.59. The number of ether oxygens (including phenoxy) is 1. The maximum Gasteiger partial charge on any atom is 0.400 e. The van der Waals surface area contributed by atoms with Crippen molar-refractivity contribution in [3.05, 3.63) is 83.1 Å². The van der Waals surface area contributed by atoms with E-state index in [1.807, 2.05) is 0 Å². The first-order chi connectivity index (χ1) is 13.4. The molecule has 4 N–H and O–H groups in total. The van der Waals surface area contributed by atoms with Crippen LogP contribution in [0.4, 0.5) is 10.1 Å². The Bertz CT molecular complexity index is 1010. The largest absolute Gasteiger partial charge is 0.486 e. The Hall–Kier alpha value is -3.81. The van der Waals surface area contributed by atoms with Crippen LogP contribution in [0.2, 0.25) is 0 Å². The van der Waals surface area contributed by atoms with Gasteiger partial charge in [0, 0.05) is 11.3 Å². The standard InChI is InChI=1S/C20H18FN3O4/c1-12-16(3-2-4-17(12)22)19(23)24-28-20(25)18-10-9-15(27-18)11-26-14-7-5-13(21)6-8-14/h2-10H,11,22H2,1H3,(H2,23,24). The minimum Gasteiger partial charge on any atom is -0.486 e. The molecule has 3 aromatic rings. The van der Waals surface area contributed by atoms with E-state index in [1.54, 1.807) is 31.2 Å². The fraction of sp³-hybridized carbons (Fsp3) is 0.100. The number of hydrogen-bond donors (Lipinski definition) is 2. The summed E-state index contributed by atoms with van der Waals surface area (Å²) in [6.45, 7) is 1.85. The summed E-state index contributed by atoms with van der Waals surface area (Å²) in [6.07, 6.45) is 0. The van der Waals surface area contributed by atoms with Gasteiger partial charge in [-0.2, -0.15) is 0 Å². The van der Waals surface area contributed by atoms with Gasteiger partial charge in [-0.05, 0) is 55.0 Å². The van der Waals surface area contributed by atoms with Crippen molar-refractivity contribution < 1.29 is 23.2 Å². The van der Waals surface area contributed by atoms with Crippen molar-refractivity contribution in [2.75, 3.05) is 5.73 Å². The van der Waals surface area contributed by atoms with Crippen molar-refractivity contribution in [2.24, 2.45) is 10.9 Å². The average molecular weight is 383 g/mol. The Balaban J connectivity index is 1.60. The second-order valence-corrected chi connectivity index (χ2v) is 5.88. The van der Waals surface area contributed by atoms with E-state index in [4.69, 9.17) is 25.5 Å². The van der Waals surface area contributed by atoms with Gasteiger partial charge in [0.15, 0.2) is 5.84 Å². The molecule has 0 aliphatic rings. The van der Waals surface area contributed by atoms with Gasteiger partial charge in [-0.25, -0.2) is 9.18 Å². The smallest absolute Gasteiger partial charge is 0.400 e. The molecule has 0 bridgehead atoms. The number of nitrogen functional groups attached to an aromatic ring is 1. The number of anilines is 1. The highest BCUT2D eigenvalue weighted by Crippen LogP contribution is 2.17. The second-order valence-electron chi connectivity index (χ2n) is 5.88. The summed E-state index contributed by atoms with van der Waals surface area (Å²) < 4.78 is 23.7. The number of nitrogens with two attached hydrogens (primary N) is 2. The zero-order chi connectivity index (χ0) is 20.1. The predicted octanol–water partition coefficient (Wildman–Crippen LogP) is 3.37. The van der Waals surface area contributed by atoms with Gasteiger partial charge >= 0.3 is 5.97 Å². The van der Waals surface area contributed by atoms with Gasteiger partial charge in [0.1, 0.15) is 23.9 Å². The molecule has 0 unspecified atom stereocenters. The molecule has 1 heterocycles. The lowest BCUT2D eigenvalue weighted by Crippen LogP contribution is -2.17. The monoisotopic (exact) mass is 383 g/mol. The summed E-state index contributed by atoms with van der Waals surface area (Å²) in [5.74, 6) is -0.346. The lowest BCUT2D eigenvalue weighted by atomic mass is 10.1. The lowest BCUT2D eigenvalue weighted by molar-refractivity contribution is 0.0475. The molecule has 3 rings (SSSR count). The van der Waals surface area contributed by atoms with Gasteiger partial charge in [0.2, 0.25) is 5.76 Å². The molecule has 0 radical (unpaired) electrons. The molecule has 0 saturated heterocycles. The molecular weight excluding hydrogens is 365 g/mol. The van der Waals surface area contributed by atoms with E-state index in [1.165, 1.54) is 30.3 Å². The van der Waals surface area contributed by atoms with Gasteiger partial charge in [-0.3, -0.25) is 0 Å².